The molecule has 0 aliphatic carbocycles. The van der Waals surface area contributed by atoms with Crippen LogP contribution in [0.5, 0.6) is 0 Å². The van der Waals surface area contributed by atoms with Crippen molar-refractivity contribution < 1.29 is 0 Å². The molecule has 0 heterocycles. The lowest BCUT2D eigenvalue weighted by molar-refractivity contribution is 1.14. The van der Waals surface area contributed by atoms with Crippen LogP contribution in [0.4, 0.5) is 0 Å². The Morgan fingerprint density at radius 1 is 1.18 bits per heavy atom. The molecule has 0 bridgehead atoms. The minimum Gasteiger partial charge on any atom is -0.293 e. The molecule has 0 saturated carbocycles. The summed E-state index contributed by atoms with van der Waals surface area (Å²) in [7, 11) is 0. The number of nitrogens with zero attached hydrogens (tertiary/aromatic N) is 1. The molecule has 0 unspecified atom stereocenters. The van der Waals surface area contributed by atoms with E-state index in [1.165, 1.54) is 0 Å². The summed E-state index contributed by atoms with van der Waals surface area (Å²) in [6.45, 7) is 20.3. The highest BCUT2D eigenvalue weighted by molar-refractivity contribution is 5.73. The number of allylic oxidation sites excluding steroid dienone is 6. The van der Waals surface area contributed by atoms with Gasteiger partial charge < -0.3 is 0 Å². The second-order valence-electron chi connectivity index (χ2n) is 2.62. The van der Waals surface area contributed by atoms with E-state index in [1.54, 1.807) is 6.08 Å². The van der Waals surface area contributed by atoms with Gasteiger partial charge in [-0.2, -0.15) is 0 Å². The molecule has 0 rings (SSSR count). The van der Waals surface area contributed by atoms with Crippen molar-refractivity contribution in [2.75, 3.05) is 6.54 Å². The summed E-state index contributed by atoms with van der Waals surface area (Å²) in [4.78, 5) is 4.09. The van der Waals surface area contributed by atoms with E-state index in [9.17, 15) is 0 Å². The largest absolute Gasteiger partial charge is 0.293 e. The Kier molecular flexibility index (Phi) is 24.8. The first-order chi connectivity index (χ1) is 8.22. The predicted octanol–water partition coefficient (Wildman–Crippen LogP) is 5.37. The SMILES string of the molecule is C=C/C=C\C(=C)/C(C)=C/C=NCC.CC.CC. The molecule has 0 aromatic carbocycles. The Morgan fingerprint density at radius 2 is 1.71 bits per heavy atom. The summed E-state index contributed by atoms with van der Waals surface area (Å²) in [5.74, 6) is 0. The van der Waals surface area contributed by atoms with Gasteiger partial charge in [0.15, 0.2) is 0 Å². The molecule has 0 aromatic rings. The molecule has 0 amide bonds. The monoisotopic (exact) mass is 235 g/mol. The Balaban J connectivity index is -0.000000439. The van der Waals surface area contributed by atoms with Crippen molar-refractivity contribution in [3.05, 3.63) is 48.6 Å². The van der Waals surface area contributed by atoms with Gasteiger partial charge in [-0.1, -0.05) is 59.1 Å². The van der Waals surface area contributed by atoms with Gasteiger partial charge in [0.25, 0.3) is 0 Å². The van der Waals surface area contributed by atoms with E-state index in [0.29, 0.717) is 0 Å². The van der Waals surface area contributed by atoms with Crippen LogP contribution in [-0.2, 0) is 0 Å². The van der Waals surface area contributed by atoms with E-state index in [1.807, 2.05) is 66.0 Å². The van der Waals surface area contributed by atoms with Gasteiger partial charge in [-0.15, -0.1) is 0 Å². The molecule has 17 heavy (non-hydrogen) atoms. The molecular formula is C16H29N. The van der Waals surface area contributed by atoms with Crippen LogP contribution in [0.2, 0.25) is 0 Å². The van der Waals surface area contributed by atoms with Crippen LogP contribution in [0.1, 0.15) is 41.5 Å². The normalized spacial score (nSPS) is 10.4. The van der Waals surface area contributed by atoms with Gasteiger partial charge in [-0.25, -0.2) is 0 Å². The van der Waals surface area contributed by atoms with Gasteiger partial charge in [0, 0.05) is 12.8 Å². The fourth-order valence-electron chi connectivity index (χ4n) is 0.693. The first-order valence-corrected chi connectivity index (χ1v) is 6.37. The van der Waals surface area contributed by atoms with Gasteiger partial charge in [0.1, 0.15) is 0 Å². The fourth-order valence-corrected chi connectivity index (χ4v) is 0.693. The molecule has 0 N–H and O–H groups in total. The molecule has 0 radical (unpaired) electrons. The molecule has 0 spiro atoms. The second-order valence-corrected chi connectivity index (χ2v) is 2.62. The zero-order valence-corrected chi connectivity index (χ0v) is 12.5. The van der Waals surface area contributed by atoms with Gasteiger partial charge in [-0.3, -0.25) is 4.99 Å². The van der Waals surface area contributed by atoms with Crippen molar-refractivity contribution in [3.8, 4) is 0 Å². The molecule has 0 fully saturated rings. The topological polar surface area (TPSA) is 12.4 Å². The Morgan fingerprint density at radius 3 is 2.12 bits per heavy atom. The predicted molar refractivity (Wildman–Crippen MR) is 84.0 cm³/mol. The van der Waals surface area contributed by atoms with Crippen LogP contribution in [-0.4, -0.2) is 12.8 Å². The van der Waals surface area contributed by atoms with Crippen LogP contribution >= 0.6 is 0 Å². The Hall–Kier alpha value is -1.37. The van der Waals surface area contributed by atoms with E-state index in [-0.39, 0.29) is 0 Å². The summed E-state index contributed by atoms with van der Waals surface area (Å²) < 4.78 is 0. The second kappa shape index (κ2) is 20.1. The maximum Gasteiger partial charge on any atom is 0.0360 e. The van der Waals surface area contributed by atoms with E-state index in [4.69, 9.17) is 0 Å². The fraction of sp³-hybridized carbons (Fsp3) is 0.438. The van der Waals surface area contributed by atoms with E-state index in [2.05, 4.69) is 18.2 Å². The zero-order chi connectivity index (χ0) is 14.1. The van der Waals surface area contributed by atoms with Crippen LogP contribution < -0.4 is 0 Å². The third-order valence-electron chi connectivity index (χ3n) is 1.55. The van der Waals surface area contributed by atoms with E-state index >= 15 is 0 Å². The highest BCUT2D eigenvalue weighted by Crippen LogP contribution is 2.06. The summed E-state index contributed by atoms with van der Waals surface area (Å²) in [5, 5.41) is 0. The van der Waals surface area contributed by atoms with Gasteiger partial charge in [-0.05, 0) is 31.1 Å². The Bertz CT molecular complexity index is 255. The van der Waals surface area contributed by atoms with Crippen molar-refractivity contribution in [1.29, 1.82) is 0 Å². The molecule has 1 heteroatoms. The summed E-state index contributed by atoms with van der Waals surface area (Å²) in [6, 6.07) is 0. The van der Waals surface area contributed by atoms with Crippen LogP contribution in [0.25, 0.3) is 0 Å². The lowest BCUT2D eigenvalue weighted by atomic mass is 10.1. The van der Waals surface area contributed by atoms with Crippen molar-refractivity contribution in [1.82, 2.24) is 0 Å². The van der Waals surface area contributed by atoms with E-state index in [0.717, 1.165) is 17.7 Å². The molecule has 0 aliphatic heterocycles. The van der Waals surface area contributed by atoms with Gasteiger partial charge in [0.2, 0.25) is 0 Å². The third-order valence-corrected chi connectivity index (χ3v) is 1.55. The lowest BCUT2D eigenvalue weighted by Gasteiger charge is -1.96. The number of hydrogen-bond acceptors (Lipinski definition) is 1. The Labute approximate surface area is 108 Å². The van der Waals surface area contributed by atoms with Crippen LogP contribution in [0.15, 0.2) is 53.6 Å². The van der Waals surface area contributed by atoms with Crippen molar-refractivity contribution >= 4 is 6.21 Å². The number of hydrogen-bond donors (Lipinski definition) is 0. The minimum atomic E-state index is 0.818. The maximum atomic E-state index is 4.09. The third kappa shape index (κ3) is 17.3. The van der Waals surface area contributed by atoms with Crippen LogP contribution in [0.3, 0.4) is 0 Å². The van der Waals surface area contributed by atoms with Crippen molar-refractivity contribution in [2.45, 2.75) is 41.5 Å². The van der Waals surface area contributed by atoms with Crippen LogP contribution in [0, 0.1) is 0 Å². The number of rotatable bonds is 5. The average Bonchev–Trinajstić information content (AvgIpc) is 2.40. The zero-order valence-electron chi connectivity index (χ0n) is 12.5. The number of aliphatic imine (C=N–C) groups is 1. The smallest absolute Gasteiger partial charge is 0.0360 e. The first kappa shape index (κ1) is 21.0. The molecule has 98 valence electrons. The van der Waals surface area contributed by atoms with Crippen molar-refractivity contribution in [2.24, 2.45) is 4.99 Å². The standard InChI is InChI=1S/C12H17N.2C2H6/c1-5-7-8-11(3)12(4)9-10-13-6-2;2*1-2/h5,7-10H,1,3,6H2,2,4H3;2*1-2H3/b8-7-,12-9+,13-10?;;. The summed E-state index contributed by atoms with van der Waals surface area (Å²) in [6.07, 6.45) is 9.30. The lowest BCUT2D eigenvalue weighted by Crippen LogP contribution is -1.80. The molecule has 0 saturated heterocycles. The highest BCUT2D eigenvalue weighted by atomic mass is 14.7. The summed E-state index contributed by atoms with van der Waals surface area (Å²) in [5.41, 5.74) is 2.11. The molecule has 0 aromatic heterocycles. The highest BCUT2D eigenvalue weighted by Gasteiger charge is 1.88. The average molecular weight is 235 g/mol. The molecule has 1 nitrogen and oxygen atoms in total. The van der Waals surface area contributed by atoms with Crippen molar-refractivity contribution in [3.63, 3.8) is 0 Å². The maximum absolute atomic E-state index is 4.09. The summed E-state index contributed by atoms with van der Waals surface area (Å²) >= 11 is 0. The first-order valence-electron chi connectivity index (χ1n) is 6.37. The van der Waals surface area contributed by atoms with E-state index < -0.39 is 0 Å². The quantitative estimate of drug-likeness (QED) is 0.448. The molecule has 0 aliphatic rings. The van der Waals surface area contributed by atoms with Gasteiger partial charge in [0.05, 0.1) is 0 Å². The van der Waals surface area contributed by atoms with Gasteiger partial charge >= 0.3 is 0 Å². The minimum absolute atomic E-state index is 0.818. The molecule has 0 atom stereocenters. The molecular weight excluding hydrogens is 206 g/mol.